The Morgan fingerprint density at radius 3 is 2.88 bits per heavy atom. The number of nitrogens with one attached hydrogen (secondary N) is 1. The van der Waals surface area contributed by atoms with Gasteiger partial charge in [0.1, 0.15) is 0 Å². The van der Waals surface area contributed by atoms with E-state index >= 15 is 0 Å². The molecule has 1 aliphatic heterocycles. The van der Waals surface area contributed by atoms with E-state index in [1.807, 2.05) is 17.1 Å². The number of aryl methyl sites for hydroxylation is 1. The van der Waals surface area contributed by atoms with Crippen molar-refractivity contribution in [2.75, 3.05) is 18.8 Å². The number of aromatic nitrogens is 4. The number of hydrogen-bond donors (Lipinski definition) is 1. The third kappa shape index (κ3) is 3.85. The first-order chi connectivity index (χ1) is 11.5. The highest BCUT2D eigenvalue weighted by molar-refractivity contribution is 7.89. The molecule has 0 spiro atoms. The van der Waals surface area contributed by atoms with Crippen LogP contribution in [0.5, 0.6) is 0 Å². The van der Waals surface area contributed by atoms with Crippen molar-refractivity contribution in [1.82, 2.24) is 29.0 Å². The van der Waals surface area contributed by atoms with E-state index in [-0.39, 0.29) is 11.8 Å². The number of rotatable bonds is 7. The van der Waals surface area contributed by atoms with Crippen LogP contribution in [0.1, 0.15) is 31.1 Å². The fourth-order valence-electron chi connectivity index (χ4n) is 2.99. The van der Waals surface area contributed by atoms with Crippen LogP contribution in [0.3, 0.4) is 0 Å². The number of nitrogens with zero attached hydrogens (tertiary/aromatic N) is 5. The lowest BCUT2D eigenvalue weighted by molar-refractivity contribution is 0.178. The minimum absolute atomic E-state index is 0.0406. The highest BCUT2D eigenvalue weighted by Gasteiger charge is 2.26. The smallest absolute Gasteiger partial charge is 0.211 e. The summed E-state index contributed by atoms with van der Waals surface area (Å²) in [7, 11) is -3.20. The van der Waals surface area contributed by atoms with Crippen LogP contribution in [-0.2, 0) is 29.7 Å². The lowest BCUT2D eigenvalue weighted by Gasteiger charge is -2.34. The van der Waals surface area contributed by atoms with Crippen LogP contribution < -0.4 is 4.72 Å². The van der Waals surface area contributed by atoms with Gasteiger partial charge in [0, 0.05) is 50.7 Å². The van der Waals surface area contributed by atoms with E-state index in [1.54, 1.807) is 13.3 Å². The lowest BCUT2D eigenvalue weighted by atomic mass is 10.1. The zero-order chi connectivity index (χ0) is 17.2. The second-order valence-corrected chi connectivity index (χ2v) is 8.17. The van der Waals surface area contributed by atoms with Crippen molar-refractivity contribution in [3.63, 3.8) is 0 Å². The van der Waals surface area contributed by atoms with E-state index in [1.165, 1.54) is 0 Å². The molecule has 0 aliphatic carbocycles. The molecule has 0 unspecified atom stereocenters. The Morgan fingerprint density at radius 2 is 2.17 bits per heavy atom. The summed E-state index contributed by atoms with van der Waals surface area (Å²) in [5.74, 6) is 0.0937. The van der Waals surface area contributed by atoms with Gasteiger partial charge in [-0.2, -0.15) is 5.10 Å². The molecule has 1 N–H and O–H groups in total. The molecule has 24 heavy (non-hydrogen) atoms. The number of fused-ring (bicyclic) bond motifs is 1. The summed E-state index contributed by atoms with van der Waals surface area (Å²) >= 11 is 0. The van der Waals surface area contributed by atoms with Gasteiger partial charge >= 0.3 is 0 Å². The Kier molecular flexibility index (Phi) is 5.02. The van der Waals surface area contributed by atoms with Gasteiger partial charge in [0.2, 0.25) is 10.0 Å². The Bertz CT molecular complexity index is 781. The monoisotopic (exact) mass is 352 g/mol. The van der Waals surface area contributed by atoms with Gasteiger partial charge < -0.3 is 4.57 Å². The maximum atomic E-state index is 11.7. The first-order valence-corrected chi connectivity index (χ1v) is 9.87. The lowest BCUT2D eigenvalue weighted by Crippen LogP contribution is -2.42. The molecule has 3 rings (SSSR count). The largest absolute Gasteiger partial charge is 0.328 e. The molecule has 8 nitrogen and oxygen atoms in total. The van der Waals surface area contributed by atoms with Crippen molar-refractivity contribution in [2.45, 2.75) is 39.5 Å². The van der Waals surface area contributed by atoms with Gasteiger partial charge in [-0.25, -0.2) is 18.1 Å². The zero-order valence-electron chi connectivity index (χ0n) is 14.1. The Hall–Kier alpha value is -1.71. The topological polar surface area (TPSA) is 85.0 Å². The molecule has 0 radical (unpaired) electrons. The van der Waals surface area contributed by atoms with Gasteiger partial charge in [-0.15, -0.1) is 0 Å². The summed E-state index contributed by atoms with van der Waals surface area (Å²) < 4.78 is 30.2. The van der Waals surface area contributed by atoms with Crippen LogP contribution in [0.15, 0.2) is 24.9 Å². The van der Waals surface area contributed by atoms with E-state index in [4.69, 9.17) is 0 Å². The van der Waals surface area contributed by atoms with Gasteiger partial charge in [-0.05, 0) is 13.8 Å². The average Bonchev–Trinajstić information content (AvgIpc) is 3.21. The van der Waals surface area contributed by atoms with Crippen molar-refractivity contribution >= 4 is 10.0 Å². The Morgan fingerprint density at radius 1 is 1.33 bits per heavy atom. The van der Waals surface area contributed by atoms with Crippen molar-refractivity contribution < 1.29 is 8.42 Å². The normalized spacial score (nSPS) is 18.7. The van der Waals surface area contributed by atoms with E-state index in [0.29, 0.717) is 6.54 Å². The standard InChI is InChI=1S/C15H24N6O2S/c1-3-20-9-13(5-17-20)8-19-10-14-6-16-12-21(14)15(11-19)7-18-24(22,23)4-2/h5-6,9,12,15,18H,3-4,7-8,10-11H2,1-2H3/t15-/m1/s1. The van der Waals surface area contributed by atoms with Crippen LogP contribution in [0.2, 0.25) is 0 Å². The van der Waals surface area contributed by atoms with Crippen LogP contribution in [0.25, 0.3) is 0 Å². The van der Waals surface area contributed by atoms with Gasteiger partial charge in [0.05, 0.1) is 30.0 Å². The van der Waals surface area contributed by atoms with Crippen molar-refractivity contribution in [3.8, 4) is 0 Å². The molecule has 132 valence electrons. The van der Waals surface area contributed by atoms with E-state index in [2.05, 4.69) is 37.4 Å². The van der Waals surface area contributed by atoms with Gasteiger partial charge in [-0.1, -0.05) is 0 Å². The molecule has 1 aliphatic rings. The minimum atomic E-state index is -3.20. The predicted octanol–water partition coefficient (Wildman–Crippen LogP) is 0.596. The summed E-state index contributed by atoms with van der Waals surface area (Å²) in [6.07, 6.45) is 7.58. The molecule has 2 aromatic heterocycles. The molecule has 3 heterocycles. The number of imidazole rings is 1. The number of hydrogen-bond acceptors (Lipinski definition) is 5. The van der Waals surface area contributed by atoms with Crippen molar-refractivity contribution in [2.24, 2.45) is 0 Å². The maximum Gasteiger partial charge on any atom is 0.211 e. The minimum Gasteiger partial charge on any atom is -0.328 e. The summed E-state index contributed by atoms with van der Waals surface area (Å²) in [6, 6.07) is 0.0406. The fourth-order valence-corrected chi connectivity index (χ4v) is 3.64. The Labute approximate surface area is 142 Å². The summed E-state index contributed by atoms with van der Waals surface area (Å²) in [5, 5.41) is 4.31. The highest BCUT2D eigenvalue weighted by atomic mass is 32.2. The van der Waals surface area contributed by atoms with E-state index in [0.717, 1.165) is 37.4 Å². The molecule has 0 fully saturated rings. The molecule has 0 saturated carbocycles. The van der Waals surface area contributed by atoms with Gasteiger partial charge in [0.25, 0.3) is 0 Å². The van der Waals surface area contributed by atoms with E-state index in [9.17, 15) is 8.42 Å². The summed E-state index contributed by atoms with van der Waals surface area (Å²) in [4.78, 5) is 6.52. The molecule has 0 aromatic carbocycles. The molecule has 2 aromatic rings. The molecule has 9 heteroatoms. The second-order valence-electron chi connectivity index (χ2n) is 6.07. The van der Waals surface area contributed by atoms with Crippen molar-refractivity contribution in [1.29, 1.82) is 0 Å². The molecule has 0 amide bonds. The predicted molar refractivity (Wildman–Crippen MR) is 90.7 cm³/mol. The third-order valence-electron chi connectivity index (χ3n) is 4.33. The molecule has 0 saturated heterocycles. The van der Waals surface area contributed by atoms with Gasteiger partial charge in [-0.3, -0.25) is 9.58 Å². The quantitative estimate of drug-likeness (QED) is 0.789. The third-order valence-corrected chi connectivity index (χ3v) is 5.70. The maximum absolute atomic E-state index is 11.7. The summed E-state index contributed by atoms with van der Waals surface area (Å²) in [6.45, 7) is 7.30. The van der Waals surface area contributed by atoms with Crippen LogP contribution in [0.4, 0.5) is 0 Å². The number of sulfonamides is 1. The van der Waals surface area contributed by atoms with Crippen LogP contribution in [-0.4, -0.2) is 51.5 Å². The highest BCUT2D eigenvalue weighted by Crippen LogP contribution is 2.22. The van der Waals surface area contributed by atoms with Crippen LogP contribution in [0, 0.1) is 0 Å². The second kappa shape index (κ2) is 7.04. The fraction of sp³-hybridized carbons (Fsp3) is 0.600. The van der Waals surface area contributed by atoms with Crippen LogP contribution >= 0.6 is 0 Å². The first kappa shape index (κ1) is 17.1. The van der Waals surface area contributed by atoms with Gasteiger partial charge in [0.15, 0.2) is 0 Å². The molecular weight excluding hydrogens is 328 g/mol. The summed E-state index contributed by atoms with van der Waals surface area (Å²) in [5.41, 5.74) is 2.27. The average molecular weight is 352 g/mol. The SMILES string of the molecule is CCn1cc(CN2Cc3cncn3[C@H](CNS(=O)(=O)CC)C2)cn1. The van der Waals surface area contributed by atoms with Crippen molar-refractivity contribution in [3.05, 3.63) is 36.2 Å². The molecule has 0 bridgehead atoms. The molecule has 1 atom stereocenters. The molecular formula is C15H24N6O2S. The first-order valence-electron chi connectivity index (χ1n) is 8.22. The van der Waals surface area contributed by atoms with E-state index < -0.39 is 10.0 Å². The Balaban J connectivity index is 1.70. The zero-order valence-corrected chi connectivity index (χ0v) is 14.9.